The van der Waals surface area contributed by atoms with Crippen LogP contribution in [0.2, 0.25) is 0 Å². The van der Waals surface area contributed by atoms with Gasteiger partial charge < -0.3 is 5.32 Å². The van der Waals surface area contributed by atoms with Gasteiger partial charge in [-0.05, 0) is 29.9 Å². The van der Waals surface area contributed by atoms with Crippen molar-refractivity contribution in [1.29, 1.82) is 0 Å². The molecule has 0 amide bonds. The highest BCUT2D eigenvalue weighted by Gasteiger charge is 2.42. The molecule has 2 aromatic carbocycles. The van der Waals surface area contributed by atoms with Gasteiger partial charge in [-0.3, -0.25) is 4.79 Å². The Morgan fingerprint density at radius 3 is 2.34 bits per heavy atom. The predicted octanol–water partition coefficient (Wildman–Crippen LogP) is 5.52. The summed E-state index contributed by atoms with van der Waals surface area (Å²) in [6.45, 7) is 6.38. The van der Waals surface area contributed by atoms with Crippen LogP contribution in [0.15, 0.2) is 71.9 Å². The zero-order valence-electron chi connectivity index (χ0n) is 17.1. The van der Waals surface area contributed by atoms with Crippen LogP contribution in [0, 0.1) is 12.3 Å². The first-order valence-electron chi connectivity index (χ1n) is 10.2. The van der Waals surface area contributed by atoms with E-state index in [9.17, 15) is 4.79 Å². The maximum atomic E-state index is 13.3. The van der Waals surface area contributed by atoms with E-state index in [1.165, 1.54) is 0 Å². The Bertz CT molecular complexity index is 1120. The van der Waals surface area contributed by atoms with Crippen LogP contribution < -0.4 is 5.32 Å². The maximum absolute atomic E-state index is 13.3. The van der Waals surface area contributed by atoms with Crippen LogP contribution in [-0.4, -0.2) is 15.6 Å². The lowest BCUT2D eigenvalue weighted by Crippen LogP contribution is -2.36. The predicted molar refractivity (Wildman–Crippen MR) is 116 cm³/mol. The maximum Gasteiger partial charge on any atom is 0.163 e. The van der Waals surface area contributed by atoms with Gasteiger partial charge in [-0.2, -0.15) is 5.10 Å². The minimum atomic E-state index is -0.192. The molecule has 1 atom stereocenters. The number of aromatic nitrogens is 2. The Morgan fingerprint density at radius 1 is 1.00 bits per heavy atom. The zero-order valence-corrected chi connectivity index (χ0v) is 17.1. The Hall–Kier alpha value is -3.14. The largest absolute Gasteiger partial charge is 0.343 e. The highest BCUT2D eigenvalue weighted by molar-refractivity contribution is 6.00. The number of fused-ring (bicyclic) bond motifs is 1. The summed E-state index contributed by atoms with van der Waals surface area (Å²) in [7, 11) is 0. The summed E-state index contributed by atoms with van der Waals surface area (Å²) in [5.74, 6) is 1.20. The second kappa shape index (κ2) is 6.45. The average molecular weight is 383 g/mol. The standard InChI is InChI=1S/C25H25N3O/c1-16-21(17-10-6-4-7-11-17)24-26-19-14-25(2,3)15-20(29)22(19)23(28(24)27-16)18-12-8-5-9-13-18/h4-13,23,26H,14-15H2,1-3H3/t23-/m0/s1. The van der Waals surface area contributed by atoms with Crippen LogP contribution in [-0.2, 0) is 4.79 Å². The summed E-state index contributed by atoms with van der Waals surface area (Å²) < 4.78 is 2.02. The molecule has 0 radical (unpaired) electrons. The molecule has 1 aliphatic carbocycles. The number of rotatable bonds is 2. The lowest BCUT2D eigenvalue weighted by atomic mass is 9.73. The number of nitrogens with zero attached hydrogens (tertiary/aromatic N) is 2. The van der Waals surface area contributed by atoms with Gasteiger partial charge >= 0.3 is 0 Å². The molecule has 0 unspecified atom stereocenters. The number of hydrogen-bond acceptors (Lipinski definition) is 3. The number of carbonyl (C=O) groups excluding carboxylic acids is 1. The van der Waals surface area contributed by atoms with Gasteiger partial charge in [0.2, 0.25) is 0 Å². The zero-order chi connectivity index (χ0) is 20.2. The number of allylic oxidation sites excluding steroid dienone is 2. The van der Waals surface area contributed by atoms with Gasteiger partial charge in [0.1, 0.15) is 11.9 Å². The second-order valence-corrected chi connectivity index (χ2v) is 8.89. The third-order valence-corrected chi connectivity index (χ3v) is 5.97. The van der Waals surface area contributed by atoms with Crippen LogP contribution in [0.25, 0.3) is 11.1 Å². The lowest BCUT2D eigenvalue weighted by molar-refractivity contribution is -0.118. The van der Waals surface area contributed by atoms with Crippen molar-refractivity contribution >= 4 is 11.6 Å². The van der Waals surface area contributed by atoms with Crippen LogP contribution in [0.1, 0.15) is 44.0 Å². The normalized spacial score (nSPS) is 20.1. The summed E-state index contributed by atoms with van der Waals surface area (Å²) in [6.07, 6.45) is 1.42. The van der Waals surface area contributed by atoms with E-state index in [-0.39, 0.29) is 17.2 Å². The van der Waals surface area contributed by atoms with Crippen molar-refractivity contribution in [3.63, 3.8) is 0 Å². The molecule has 2 aliphatic rings. The number of hydrogen-bond donors (Lipinski definition) is 1. The molecule has 2 heterocycles. The molecule has 0 saturated carbocycles. The highest BCUT2D eigenvalue weighted by atomic mass is 16.1. The van der Waals surface area contributed by atoms with Crippen LogP contribution in [0.3, 0.4) is 0 Å². The van der Waals surface area contributed by atoms with Crippen molar-refractivity contribution in [2.45, 2.75) is 39.7 Å². The van der Waals surface area contributed by atoms with Gasteiger partial charge in [-0.1, -0.05) is 74.5 Å². The summed E-state index contributed by atoms with van der Waals surface area (Å²) in [4.78, 5) is 13.3. The molecule has 0 spiro atoms. The molecular formula is C25H25N3O. The molecule has 5 rings (SSSR count). The molecule has 1 N–H and O–H groups in total. The van der Waals surface area contributed by atoms with E-state index in [2.05, 4.69) is 43.4 Å². The first kappa shape index (κ1) is 17.9. The number of anilines is 1. The fraction of sp³-hybridized carbons (Fsp3) is 0.280. The van der Waals surface area contributed by atoms with Gasteiger partial charge in [0.15, 0.2) is 5.78 Å². The van der Waals surface area contributed by atoms with E-state index in [1.54, 1.807) is 0 Å². The summed E-state index contributed by atoms with van der Waals surface area (Å²) in [5, 5.41) is 8.55. The topological polar surface area (TPSA) is 46.9 Å². The van der Waals surface area contributed by atoms with Crippen molar-refractivity contribution in [2.75, 3.05) is 5.32 Å². The molecular weight excluding hydrogens is 358 g/mol. The van der Waals surface area contributed by atoms with E-state index in [4.69, 9.17) is 5.10 Å². The minimum absolute atomic E-state index is 0.0473. The second-order valence-electron chi connectivity index (χ2n) is 8.89. The first-order chi connectivity index (χ1) is 13.9. The van der Waals surface area contributed by atoms with Crippen molar-refractivity contribution in [3.8, 4) is 11.1 Å². The number of nitrogens with one attached hydrogen (secondary N) is 1. The molecule has 4 heteroatoms. The molecule has 0 saturated heterocycles. The van der Waals surface area contributed by atoms with Gasteiger partial charge in [-0.15, -0.1) is 0 Å². The summed E-state index contributed by atoms with van der Waals surface area (Å²) in [5.41, 5.74) is 6.16. The molecule has 1 aromatic heterocycles. The van der Waals surface area contributed by atoms with Crippen LogP contribution in [0.4, 0.5) is 5.82 Å². The van der Waals surface area contributed by atoms with Crippen LogP contribution in [0.5, 0.6) is 0 Å². The third-order valence-electron chi connectivity index (χ3n) is 5.97. The minimum Gasteiger partial charge on any atom is -0.343 e. The molecule has 0 bridgehead atoms. The van der Waals surface area contributed by atoms with E-state index < -0.39 is 0 Å². The van der Waals surface area contributed by atoms with Gasteiger partial charge in [0.25, 0.3) is 0 Å². The summed E-state index contributed by atoms with van der Waals surface area (Å²) >= 11 is 0. The number of ketones is 1. The first-order valence-corrected chi connectivity index (χ1v) is 10.2. The molecule has 0 fully saturated rings. The van der Waals surface area contributed by atoms with Crippen molar-refractivity contribution < 1.29 is 4.79 Å². The van der Waals surface area contributed by atoms with E-state index in [0.29, 0.717) is 6.42 Å². The van der Waals surface area contributed by atoms with Crippen LogP contribution >= 0.6 is 0 Å². The Balaban J connectivity index is 1.76. The molecule has 3 aromatic rings. The quantitative estimate of drug-likeness (QED) is 0.634. The molecule has 1 aliphatic heterocycles. The van der Waals surface area contributed by atoms with Crippen molar-refractivity contribution in [2.24, 2.45) is 5.41 Å². The smallest absolute Gasteiger partial charge is 0.163 e. The molecule has 29 heavy (non-hydrogen) atoms. The summed E-state index contributed by atoms with van der Waals surface area (Å²) in [6, 6.07) is 20.4. The van der Waals surface area contributed by atoms with Gasteiger partial charge in [0, 0.05) is 23.3 Å². The Labute approximate surface area is 171 Å². The van der Waals surface area contributed by atoms with Gasteiger partial charge in [-0.25, -0.2) is 4.68 Å². The molecule has 146 valence electrons. The number of aryl methyl sites for hydroxylation is 1. The SMILES string of the molecule is Cc1nn2c(c1-c1ccccc1)NC1=C(C(=O)CC(C)(C)C1)[C@@H]2c1ccccc1. The molecule has 4 nitrogen and oxygen atoms in total. The number of Topliss-reactive ketones (excluding diaryl/α,β-unsaturated/α-hetero) is 1. The third kappa shape index (κ3) is 2.91. The fourth-order valence-electron chi connectivity index (χ4n) is 4.78. The Morgan fingerprint density at radius 2 is 1.66 bits per heavy atom. The highest BCUT2D eigenvalue weighted by Crippen LogP contribution is 2.48. The average Bonchev–Trinajstić information content (AvgIpc) is 3.02. The van der Waals surface area contributed by atoms with E-state index in [1.807, 2.05) is 48.0 Å². The fourth-order valence-corrected chi connectivity index (χ4v) is 4.78. The number of carbonyl (C=O) groups is 1. The van der Waals surface area contributed by atoms with E-state index >= 15 is 0 Å². The van der Waals surface area contributed by atoms with Crippen molar-refractivity contribution in [1.82, 2.24) is 9.78 Å². The Kier molecular flexibility index (Phi) is 3.98. The van der Waals surface area contributed by atoms with Crippen molar-refractivity contribution in [3.05, 3.63) is 83.2 Å². The van der Waals surface area contributed by atoms with E-state index in [0.717, 1.165) is 45.9 Å². The number of benzene rings is 2. The van der Waals surface area contributed by atoms with Gasteiger partial charge in [0.05, 0.1) is 5.69 Å². The monoisotopic (exact) mass is 383 g/mol. The lowest BCUT2D eigenvalue weighted by Gasteiger charge is -2.39.